The summed E-state index contributed by atoms with van der Waals surface area (Å²) in [7, 11) is 0. The average Bonchev–Trinajstić information content (AvgIpc) is 3.56. The quantitative estimate of drug-likeness (QED) is 0.177. The minimum Gasteiger partial charge on any atom is -0.456 e. The van der Waals surface area contributed by atoms with E-state index < -0.39 is 0 Å². The number of benzene rings is 7. The van der Waals surface area contributed by atoms with Gasteiger partial charge >= 0.3 is 0 Å². The zero-order valence-electron chi connectivity index (χ0n) is 29.0. The largest absolute Gasteiger partial charge is 0.456 e. The zero-order chi connectivity index (χ0) is 34.5. The molecule has 2 aromatic heterocycles. The summed E-state index contributed by atoms with van der Waals surface area (Å²) in [5.74, 6) is 1.88. The van der Waals surface area contributed by atoms with E-state index in [2.05, 4.69) is 107 Å². The monoisotopic (exact) mass is 657 g/mol. The molecule has 2 heterocycles. The Hall–Kier alpha value is -6.13. The molecule has 244 valence electrons. The molecule has 0 fully saturated rings. The third-order valence-corrected chi connectivity index (χ3v) is 11.7. The summed E-state index contributed by atoms with van der Waals surface area (Å²) in [6.07, 6.45) is 0. The maximum absolute atomic E-state index is 6.23. The topological polar surface area (TPSA) is 51.8 Å². The molecule has 0 aliphatic heterocycles. The Morgan fingerprint density at radius 1 is 0.412 bits per heavy atom. The molecule has 0 atom stereocenters. The number of hydrogen-bond donors (Lipinski definition) is 0. The van der Waals surface area contributed by atoms with Crippen LogP contribution >= 0.6 is 0 Å². The van der Waals surface area contributed by atoms with Crippen LogP contribution in [0, 0.1) is 0 Å². The predicted octanol–water partition coefficient (Wildman–Crippen LogP) is 12.3. The fraction of sp³-hybridized carbons (Fsp3) is 0.128. The molecule has 0 bridgehead atoms. The first-order chi connectivity index (χ1) is 24.8. The highest BCUT2D eigenvalue weighted by molar-refractivity contribution is 6.12. The SMILES string of the molecule is CC1(C)c2ccccc2-c2cc3c(ccc4cc(-c5nc(-c6ccccc6)nc(-c6cccc7oc8ccccc8c67)n5)ccc43)cc2C1(C)C. The van der Waals surface area contributed by atoms with Crippen molar-refractivity contribution < 1.29 is 4.42 Å². The number of rotatable bonds is 3. The van der Waals surface area contributed by atoms with Gasteiger partial charge in [-0.25, -0.2) is 15.0 Å². The third-order valence-electron chi connectivity index (χ3n) is 11.7. The average molecular weight is 658 g/mol. The molecule has 0 spiro atoms. The summed E-state index contributed by atoms with van der Waals surface area (Å²) in [5, 5.41) is 6.92. The van der Waals surface area contributed by atoms with Crippen molar-refractivity contribution in [2.75, 3.05) is 0 Å². The van der Waals surface area contributed by atoms with Gasteiger partial charge in [-0.1, -0.05) is 137 Å². The van der Waals surface area contributed by atoms with Crippen LogP contribution in [0.3, 0.4) is 0 Å². The lowest BCUT2D eigenvalue weighted by Gasteiger charge is -2.48. The van der Waals surface area contributed by atoms with Crippen molar-refractivity contribution in [1.29, 1.82) is 0 Å². The van der Waals surface area contributed by atoms with Gasteiger partial charge in [0.25, 0.3) is 0 Å². The molecule has 0 saturated carbocycles. The van der Waals surface area contributed by atoms with Crippen molar-refractivity contribution in [2.45, 2.75) is 38.5 Å². The van der Waals surface area contributed by atoms with Crippen LogP contribution in [-0.2, 0) is 10.8 Å². The number of furan rings is 1. The van der Waals surface area contributed by atoms with Crippen LogP contribution < -0.4 is 0 Å². The summed E-state index contributed by atoms with van der Waals surface area (Å²) < 4.78 is 6.23. The van der Waals surface area contributed by atoms with Crippen LogP contribution in [0.4, 0.5) is 0 Å². The number of para-hydroxylation sites is 1. The highest BCUT2D eigenvalue weighted by Crippen LogP contribution is 2.54. The van der Waals surface area contributed by atoms with Crippen molar-refractivity contribution in [3.63, 3.8) is 0 Å². The van der Waals surface area contributed by atoms with Gasteiger partial charge in [-0.3, -0.25) is 0 Å². The highest BCUT2D eigenvalue weighted by Gasteiger charge is 2.45. The second-order valence-electron chi connectivity index (χ2n) is 14.9. The Labute approximate surface area is 296 Å². The Morgan fingerprint density at radius 2 is 1.06 bits per heavy atom. The normalized spacial score (nSPS) is 14.6. The smallest absolute Gasteiger partial charge is 0.164 e. The fourth-order valence-corrected chi connectivity index (χ4v) is 8.23. The zero-order valence-corrected chi connectivity index (χ0v) is 29.0. The molecule has 10 rings (SSSR count). The van der Waals surface area contributed by atoms with Crippen molar-refractivity contribution in [1.82, 2.24) is 15.0 Å². The second-order valence-corrected chi connectivity index (χ2v) is 14.9. The molecule has 0 radical (unpaired) electrons. The van der Waals surface area contributed by atoms with Crippen LogP contribution in [0.1, 0.15) is 38.8 Å². The summed E-state index contributed by atoms with van der Waals surface area (Å²) in [6.45, 7) is 9.55. The van der Waals surface area contributed by atoms with Crippen molar-refractivity contribution in [2.24, 2.45) is 0 Å². The second kappa shape index (κ2) is 10.7. The van der Waals surface area contributed by atoms with Gasteiger partial charge in [-0.05, 0) is 85.0 Å². The molecule has 4 heteroatoms. The highest BCUT2D eigenvalue weighted by atomic mass is 16.3. The van der Waals surface area contributed by atoms with E-state index in [1.54, 1.807) is 0 Å². The van der Waals surface area contributed by atoms with E-state index in [0.29, 0.717) is 17.5 Å². The summed E-state index contributed by atoms with van der Waals surface area (Å²) in [6, 6.07) is 49.3. The Morgan fingerprint density at radius 3 is 1.90 bits per heavy atom. The lowest BCUT2D eigenvalue weighted by Crippen LogP contribution is -2.43. The van der Waals surface area contributed by atoms with Crippen LogP contribution in [0.2, 0.25) is 0 Å². The molecule has 0 saturated heterocycles. The summed E-state index contributed by atoms with van der Waals surface area (Å²) >= 11 is 0. The number of fused-ring (bicyclic) bond motifs is 9. The van der Waals surface area contributed by atoms with E-state index in [1.807, 2.05) is 60.7 Å². The molecule has 1 aliphatic carbocycles. The van der Waals surface area contributed by atoms with Gasteiger partial charge in [-0.2, -0.15) is 0 Å². The standard InChI is InChI=1S/C47H35N3O/c1-46(2)38-18-10-8-15-33(38)37-27-36-30(26-39(37)47(46,3)4)22-21-29-25-31(23-24-32(29)36)44-48-43(28-13-6-5-7-14-28)49-45(50-44)35-17-12-20-41-42(35)34-16-9-11-19-40(34)51-41/h5-27H,1-4H3. The predicted molar refractivity (Wildman–Crippen MR) is 210 cm³/mol. The molecular formula is C47H35N3O. The van der Waals surface area contributed by atoms with Gasteiger partial charge in [0.15, 0.2) is 17.5 Å². The summed E-state index contributed by atoms with van der Waals surface area (Å²) in [5.41, 5.74) is 9.88. The first-order valence-electron chi connectivity index (χ1n) is 17.6. The van der Waals surface area contributed by atoms with E-state index in [4.69, 9.17) is 19.4 Å². The maximum Gasteiger partial charge on any atom is 0.164 e. The molecule has 0 unspecified atom stereocenters. The van der Waals surface area contributed by atoms with Crippen LogP contribution in [0.25, 0.3) is 88.8 Å². The van der Waals surface area contributed by atoms with Gasteiger partial charge in [0.1, 0.15) is 11.2 Å². The van der Waals surface area contributed by atoms with E-state index in [-0.39, 0.29) is 10.8 Å². The molecule has 51 heavy (non-hydrogen) atoms. The number of aromatic nitrogens is 3. The maximum atomic E-state index is 6.23. The van der Waals surface area contributed by atoms with E-state index >= 15 is 0 Å². The van der Waals surface area contributed by atoms with Crippen molar-refractivity contribution >= 4 is 43.5 Å². The lowest BCUT2D eigenvalue weighted by molar-refractivity contribution is 0.299. The van der Waals surface area contributed by atoms with Gasteiger partial charge in [-0.15, -0.1) is 0 Å². The molecule has 4 nitrogen and oxygen atoms in total. The molecular weight excluding hydrogens is 623 g/mol. The Bertz CT molecular complexity index is 2860. The van der Waals surface area contributed by atoms with E-state index in [1.165, 1.54) is 38.4 Å². The molecule has 0 N–H and O–H groups in total. The van der Waals surface area contributed by atoms with Gasteiger partial charge < -0.3 is 4.42 Å². The first kappa shape index (κ1) is 29.8. The molecule has 7 aromatic carbocycles. The minimum atomic E-state index is -0.0381. The van der Waals surface area contributed by atoms with Crippen LogP contribution in [0.5, 0.6) is 0 Å². The van der Waals surface area contributed by atoms with Gasteiger partial charge in [0.2, 0.25) is 0 Å². The van der Waals surface area contributed by atoms with E-state index in [9.17, 15) is 0 Å². The third kappa shape index (κ3) is 4.36. The fourth-order valence-electron chi connectivity index (χ4n) is 8.23. The van der Waals surface area contributed by atoms with Gasteiger partial charge in [0, 0.05) is 27.5 Å². The van der Waals surface area contributed by atoms with Crippen LogP contribution in [0.15, 0.2) is 144 Å². The molecule has 0 amide bonds. The number of nitrogens with zero attached hydrogens (tertiary/aromatic N) is 3. The first-order valence-corrected chi connectivity index (χ1v) is 17.6. The number of hydrogen-bond acceptors (Lipinski definition) is 4. The van der Waals surface area contributed by atoms with Crippen LogP contribution in [-0.4, -0.2) is 15.0 Å². The molecule has 9 aromatic rings. The minimum absolute atomic E-state index is 0.00570. The van der Waals surface area contributed by atoms with E-state index in [0.717, 1.165) is 44.0 Å². The Balaban J connectivity index is 1.17. The van der Waals surface area contributed by atoms with Crippen molar-refractivity contribution in [3.8, 4) is 45.3 Å². The van der Waals surface area contributed by atoms with Crippen molar-refractivity contribution in [3.05, 3.63) is 151 Å². The van der Waals surface area contributed by atoms with Gasteiger partial charge in [0.05, 0.1) is 0 Å². The lowest BCUT2D eigenvalue weighted by atomic mass is 9.55. The summed E-state index contributed by atoms with van der Waals surface area (Å²) in [4.78, 5) is 15.3. The Kier molecular flexibility index (Phi) is 6.23. The molecule has 1 aliphatic rings.